The molecule has 4 rings (SSSR count). The number of fused-ring (bicyclic) bond motifs is 1. The van der Waals surface area contributed by atoms with E-state index in [2.05, 4.69) is 10.3 Å². The molecule has 34 heavy (non-hydrogen) atoms. The molecule has 2 N–H and O–H groups in total. The van der Waals surface area contributed by atoms with Crippen LogP contribution >= 0.6 is 0 Å². The van der Waals surface area contributed by atoms with E-state index in [1.54, 1.807) is 4.57 Å². The smallest absolute Gasteiger partial charge is 0.416 e. The number of carboxylic acid groups (broad SMARTS) is 1. The van der Waals surface area contributed by atoms with Gasteiger partial charge >= 0.3 is 12.1 Å². The van der Waals surface area contributed by atoms with E-state index in [4.69, 9.17) is 0 Å². The Labute approximate surface area is 190 Å². The molecule has 0 aliphatic rings. The van der Waals surface area contributed by atoms with Gasteiger partial charge in [0.1, 0.15) is 11.6 Å². The minimum atomic E-state index is -4.51. The number of aromatic nitrogens is 2. The number of halogens is 4. The zero-order valence-corrected chi connectivity index (χ0v) is 17.4. The Morgan fingerprint density at radius 3 is 2.47 bits per heavy atom. The SMILES string of the molecule is O=C(O)c1ccc2c(c1)nc(CNC(=O)c1ccccc1F)n2Cc1cccc(C(F)(F)F)c1. The molecule has 0 radical (unpaired) electrons. The number of rotatable bonds is 6. The molecule has 1 heterocycles. The Morgan fingerprint density at radius 1 is 1.00 bits per heavy atom. The molecule has 0 saturated heterocycles. The fourth-order valence-electron chi connectivity index (χ4n) is 3.55. The summed E-state index contributed by atoms with van der Waals surface area (Å²) in [6.07, 6.45) is -4.51. The molecule has 3 aromatic carbocycles. The highest BCUT2D eigenvalue weighted by atomic mass is 19.4. The summed E-state index contributed by atoms with van der Waals surface area (Å²) in [6, 6.07) is 14.4. The van der Waals surface area contributed by atoms with Gasteiger partial charge in [-0.15, -0.1) is 0 Å². The van der Waals surface area contributed by atoms with Crippen LogP contribution < -0.4 is 5.32 Å². The minimum Gasteiger partial charge on any atom is -0.478 e. The number of carboxylic acids is 1. The van der Waals surface area contributed by atoms with Crippen molar-refractivity contribution in [2.24, 2.45) is 0 Å². The zero-order chi connectivity index (χ0) is 24.5. The van der Waals surface area contributed by atoms with Gasteiger partial charge in [0.25, 0.3) is 5.91 Å². The predicted octanol–water partition coefficient (Wildman–Crippen LogP) is 4.87. The highest BCUT2D eigenvalue weighted by Crippen LogP contribution is 2.30. The topological polar surface area (TPSA) is 84.2 Å². The maximum absolute atomic E-state index is 13.9. The average Bonchev–Trinajstić information content (AvgIpc) is 3.14. The number of nitrogens with one attached hydrogen (secondary N) is 1. The van der Waals surface area contributed by atoms with Gasteiger partial charge in [0, 0.05) is 6.54 Å². The molecule has 174 valence electrons. The van der Waals surface area contributed by atoms with Crippen LogP contribution in [-0.4, -0.2) is 26.5 Å². The van der Waals surface area contributed by atoms with Crippen LogP contribution in [0.3, 0.4) is 0 Å². The lowest BCUT2D eigenvalue weighted by Gasteiger charge is -2.13. The molecule has 0 spiro atoms. The summed E-state index contributed by atoms with van der Waals surface area (Å²) in [6.45, 7) is -0.180. The van der Waals surface area contributed by atoms with Crippen LogP contribution in [0.5, 0.6) is 0 Å². The summed E-state index contributed by atoms with van der Waals surface area (Å²) in [7, 11) is 0. The Kier molecular flexibility index (Phi) is 6.06. The van der Waals surface area contributed by atoms with E-state index in [0.717, 1.165) is 18.2 Å². The second-order valence-electron chi connectivity index (χ2n) is 7.48. The van der Waals surface area contributed by atoms with Crippen LogP contribution in [0.1, 0.15) is 37.7 Å². The Hall–Kier alpha value is -4.21. The van der Waals surface area contributed by atoms with Gasteiger partial charge in [-0.2, -0.15) is 13.2 Å². The maximum atomic E-state index is 13.9. The van der Waals surface area contributed by atoms with Crippen LogP contribution in [0.4, 0.5) is 17.6 Å². The van der Waals surface area contributed by atoms with Crippen molar-refractivity contribution < 1.29 is 32.3 Å². The first-order chi connectivity index (χ1) is 16.1. The van der Waals surface area contributed by atoms with E-state index < -0.39 is 29.4 Å². The van der Waals surface area contributed by atoms with E-state index in [9.17, 15) is 32.3 Å². The van der Waals surface area contributed by atoms with Crippen LogP contribution in [0.25, 0.3) is 11.0 Å². The molecular formula is C24H17F4N3O3. The second-order valence-corrected chi connectivity index (χ2v) is 7.48. The van der Waals surface area contributed by atoms with Gasteiger partial charge in [-0.1, -0.05) is 24.3 Å². The number of alkyl halides is 3. The number of hydrogen-bond donors (Lipinski definition) is 2. The zero-order valence-electron chi connectivity index (χ0n) is 17.4. The fourth-order valence-corrected chi connectivity index (χ4v) is 3.55. The van der Waals surface area contributed by atoms with Crippen molar-refractivity contribution in [1.82, 2.24) is 14.9 Å². The van der Waals surface area contributed by atoms with Crippen molar-refractivity contribution in [3.8, 4) is 0 Å². The van der Waals surface area contributed by atoms with Crippen LogP contribution in [0.2, 0.25) is 0 Å². The number of hydrogen-bond acceptors (Lipinski definition) is 3. The second kappa shape index (κ2) is 8.97. The minimum absolute atomic E-state index is 0.0156. The molecule has 0 unspecified atom stereocenters. The fraction of sp³-hybridized carbons (Fsp3) is 0.125. The molecular weight excluding hydrogens is 454 g/mol. The molecule has 0 atom stereocenters. The Balaban J connectivity index is 1.70. The highest BCUT2D eigenvalue weighted by Gasteiger charge is 2.30. The first kappa shape index (κ1) is 23.0. The third-order valence-electron chi connectivity index (χ3n) is 5.19. The van der Waals surface area contributed by atoms with Crippen molar-refractivity contribution in [3.05, 3.63) is 101 Å². The number of imidazole rings is 1. The number of nitrogens with zero attached hydrogens (tertiary/aromatic N) is 2. The molecule has 1 aromatic heterocycles. The van der Waals surface area contributed by atoms with Gasteiger partial charge in [-0.3, -0.25) is 4.79 Å². The van der Waals surface area contributed by atoms with Crippen LogP contribution in [-0.2, 0) is 19.3 Å². The third kappa shape index (κ3) is 4.75. The Morgan fingerprint density at radius 2 is 1.76 bits per heavy atom. The summed E-state index contributed by atoms with van der Waals surface area (Å²) >= 11 is 0. The standard InChI is InChI=1S/C24H17F4N3O3/c25-18-7-2-1-6-17(18)22(32)29-12-21-30-19-11-15(23(33)34)8-9-20(19)31(21)13-14-4-3-5-16(10-14)24(26,27)28/h1-11H,12-13H2,(H,29,32)(H,33,34). The predicted molar refractivity (Wildman–Crippen MR) is 115 cm³/mol. The van der Waals surface area contributed by atoms with E-state index in [0.29, 0.717) is 16.6 Å². The molecule has 6 nitrogen and oxygen atoms in total. The molecule has 0 bridgehead atoms. The molecule has 0 aliphatic carbocycles. The molecule has 1 amide bonds. The summed E-state index contributed by atoms with van der Waals surface area (Å²) in [5, 5.41) is 11.8. The lowest BCUT2D eigenvalue weighted by atomic mass is 10.1. The van der Waals surface area contributed by atoms with Crippen molar-refractivity contribution >= 4 is 22.9 Å². The average molecular weight is 471 g/mol. The van der Waals surface area contributed by atoms with E-state index >= 15 is 0 Å². The van der Waals surface area contributed by atoms with Crippen molar-refractivity contribution in [1.29, 1.82) is 0 Å². The van der Waals surface area contributed by atoms with Crippen LogP contribution in [0.15, 0.2) is 66.7 Å². The summed E-state index contributed by atoms with van der Waals surface area (Å²) in [5.41, 5.74) is 0.101. The quantitative estimate of drug-likeness (QED) is 0.393. The number of aromatic carboxylic acids is 1. The van der Waals surface area contributed by atoms with Gasteiger partial charge in [-0.25, -0.2) is 14.2 Å². The lowest BCUT2D eigenvalue weighted by Crippen LogP contribution is -2.25. The Bertz CT molecular complexity index is 1400. The largest absolute Gasteiger partial charge is 0.478 e. The van der Waals surface area contributed by atoms with Crippen LogP contribution in [0, 0.1) is 5.82 Å². The van der Waals surface area contributed by atoms with Gasteiger partial charge in [0.05, 0.1) is 34.3 Å². The monoisotopic (exact) mass is 471 g/mol. The van der Waals surface area contributed by atoms with Crippen molar-refractivity contribution in [2.75, 3.05) is 0 Å². The summed E-state index contributed by atoms with van der Waals surface area (Å²) < 4.78 is 55.0. The molecule has 0 fully saturated rings. The third-order valence-corrected chi connectivity index (χ3v) is 5.19. The number of amides is 1. The molecule has 4 aromatic rings. The van der Waals surface area contributed by atoms with Gasteiger partial charge in [-0.05, 0) is 48.0 Å². The normalized spacial score (nSPS) is 11.5. The van der Waals surface area contributed by atoms with E-state index in [-0.39, 0.29) is 30.0 Å². The van der Waals surface area contributed by atoms with Gasteiger partial charge in [0.15, 0.2) is 0 Å². The molecule has 10 heteroatoms. The van der Waals surface area contributed by atoms with Gasteiger partial charge < -0.3 is 15.0 Å². The number of carbonyl (C=O) groups is 2. The lowest BCUT2D eigenvalue weighted by molar-refractivity contribution is -0.137. The number of carbonyl (C=O) groups excluding carboxylic acids is 1. The first-order valence-electron chi connectivity index (χ1n) is 10.0. The van der Waals surface area contributed by atoms with Crippen molar-refractivity contribution in [3.63, 3.8) is 0 Å². The number of benzene rings is 3. The first-order valence-corrected chi connectivity index (χ1v) is 10.0. The highest BCUT2D eigenvalue weighted by molar-refractivity contribution is 5.94. The van der Waals surface area contributed by atoms with E-state index in [1.807, 2.05) is 0 Å². The summed E-state index contributed by atoms with van der Waals surface area (Å²) in [4.78, 5) is 28.1. The molecule has 0 aliphatic heterocycles. The van der Waals surface area contributed by atoms with E-state index in [1.165, 1.54) is 48.5 Å². The van der Waals surface area contributed by atoms with Crippen molar-refractivity contribution in [2.45, 2.75) is 19.3 Å². The molecule has 0 saturated carbocycles. The summed E-state index contributed by atoms with van der Waals surface area (Å²) in [5.74, 6) is -2.30. The van der Waals surface area contributed by atoms with Gasteiger partial charge in [0.2, 0.25) is 0 Å². The maximum Gasteiger partial charge on any atom is 0.416 e.